The van der Waals surface area contributed by atoms with E-state index in [1.807, 2.05) is 0 Å². The first-order chi connectivity index (χ1) is 9.54. The molecular weight excluding hydrogens is 270 g/mol. The molecule has 0 saturated carbocycles. The maximum atomic E-state index is 11.6. The Labute approximate surface area is 115 Å². The second-order valence-corrected chi connectivity index (χ2v) is 3.50. The summed E-state index contributed by atoms with van der Waals surface area (Å²) < 4.78 is 9.41. The average Bonchev–Trinajstić information content (AvgIpc) is 2.46. The van der Waals surface area contributed by atoms with Crippen LogP contribution in [-0.4, -0.2) is 42.5 Å². The Morgan fingerprint density at radius 1 is 1.15 bits per heavy atom. The van der Waals surface area contributed by atoms with Gasteiger partial charge in [-0.3, -0.25) is 0 Å². The van der Waals surface area contributed by atoms with Gasteiger partial charge in [0.15, 0.2) is 0 Å². The van der Waals surface area contributed by atoms with E-state index < -0.39 is 24.1 Å². The van der Waals surface area contributed by atoms with Crippen molar-refractivity contribution in [3.63, 3.8) is 0 Å². The summed E-state index contributed by atoms with van der Waals surface area (Å²) in [6.07, 6.45) is 1.45. The molecule has 20 heavy (non-hydrogen) atoms. The number of esters is 1. The molecule has 0 rings (SSSR count). The monoisotopic (exact) mass is 287 g/mol. The average molecular weight is 287 g/mol. The van der Waals surface area contributed by atoms with Crippen molar-refractivity contribution >= 4 is 18.0 Å². The van der Waals surface area contributed by atoms with E-state index in [-0.39, 0.29) is 26.1 Å². The van der Waals surface area contributed by atoms with Crippen LogP contribution in [0.1, 0.15) is 12.8 Å². The van der Waals surface area contributed by atoms with Crippen LogP contribution in [0.4, 0.5) is 4.79 Å². The third-order valence-corrected chi connectivity index (χ3v) is 1.99. The third kappa shape index (κ3) is 7.88. The number of rotatable bonds is 9. The molecule has 8 nitrogen and oxygen atoms in total. The van der Waals surface area contributed by atoms with Gasteiger partial charge in [0.1, 0.15) is 19.3 Å². The van der Waals surface area contributed by atoms with Crippen molar-refractivity contribution < 1.29 is 34.0 Å². The first-order valence-corrected chi connectivity index (χ1v) is 5.71. The lowest BCUT2D eigenvalue weighted by Crippen LogP contribution is -2.42. The lowest BCUT2D eigenvalue weighted by Gasteiger charge is -2.16. The fraction of sp³-hybridized carbons (Fsp3) is 0.417. The lowest BCUT2D eigenvalue weighted by atomic mass is 10.1. The number of amides is 1. The number of alkyl carbamates (subject to hydrolysis) is 1. The highest BCUT2D eigenvalue weighted by molar-refractivity contribution is 5.82. The van der Waals surface area contributed by atoms with Gasteiger partial charge in [0, 0.05) is 0 Å². The second kappa shape index (κ2) is 10.6. The Morgan fingerprint density at radius 3 is 2.30 bits per heavy atom. The van der Waals surface area contributed by atoms with Gasteiger partial charge < -0.3 is 19.7 Å². The second-order valence-electron chi connectivity index (χ2n) is 3.50. The zero-order valence-corrected chi connectivity index (χ0v) is 10.9. The SMILES string of the molecule is C=CCOC(=O)N[C@H](CCC(=O)OO)C(=O)OCC=C. The number of carbonyl (C=O) groups is 3. The molecule has 0 radical (unpaired) electrons. The van der Waals surface area contributed by atoms with Crippen molar-refractivity contribution in [2.24, 2.45) is 0 Å². The number of carbonyl (C=O) groups excluding carboxylic acids is 3. The molecular formula is C12H17NO7. The minimum atomic E-state index is -1.11. The Balaban J connectivity index is 4.47. The van der Waals surface area contributed by atoms with Gasteiger partial charge in [-0.25, -0.2) is 14.4 Å². The Bertz CT molecular complexity index is 367. The van der Waals surface area contributed by atoms with Crippen LogP contribution in [0.25, 0.3) is 0 Å². The first kappa shape index (κ1) is 17.6. The molecule has 2 N–H and O–H groups in total. The molecule has 0 spiro atoms. The van der Waals surface area contributed by atoms with Crippen molar-refractivity contribution in [3.05, 3.63) is 25.3 Å². The molecule has 0 aliphatic rings. The summed E-state index contributed by atoms with van der Waals surface area (Å²) in [5, 5.41) is 10.4. The van der Waals surface area contributed by atoms with Gasteiger partial charge in [0.25, 0.3) is 0 Å². The van der Waals surface area contributed by atoms with Crippen LogP contribution in [0, 0.1) is 0 Å². The van der Waals surface area contributed by atoms with Crippen molar-refractivity contribution in [3.8, 4) is 0 Å². The zero-order valence-electron chi connectivity index (χ0n) is 10.9. The number of hydrogen-bond donors (Lipinski definition) is 2. The van der Waals surface area contributed by atoms with Gasteiger partial charge in [0.2, 0.25) is 0 Å². The van der Waals surface area contributed by atoms with Gasteiger partial charge in [-0.1, -0.05) is 25.3 Å². The lowest BCUT2D eigenvalue weighted by molar-refractivity contribution is -0.234. The molecule has 112 valence electrons. The quantitative estimate of drug-likeness (QED) is 0.212. The Kier molecular flexibility index (Phi) is 9.32. The van der Waals surface area contributed by atoms with Crippen molar-refractivity contribution in [1.82, 2.24) is 5.32 Å². The molecule has 0 aliphatic carbocycles. The van der Waals surface area contributed by atoms with Gasteiger partial charge in [-0.05, 0) is 6.42 Å². The highest BCUT2D eigenvalue weighted by Crippen LogP contribution is 2.02. The third-order valence-electron chi connectivity index (χ3n) is 1.99. The molecule has 0 unspecified atom stereocenters. The van der Waals surface area contributed by atoms with Crippen LogP contribution in [-0.2, 0) is 24.0 Å². The van der Waals surface area contributed by atoms with Crippen LogP contribution in [0.5, 0.6) is 0 Å². The molecule has 1 amide bonds. The smallest absolute Gasteiger partial charge is 0.408 e. The van der Waals surface area contributed by atoms with Gasteiger partial charge in [-0.2, -0.15) is 5.26 Å². The topological polar surface area (TPSA) is 111 Å². The van der Waals surface area contributed by atoms with E-state index in [0.29, 0.717) is 0 Å². The molecule has 0 aromatic heterocycles. The summed E-state index contributed by atoms with van der Waals surface area (Å²) in [7, 11) is 0. The molecule has 0 aromatic rings. The van der Waals surface area contributed by atoms with Gasteiger partial charge in [0.05, 0.1) is 6.42 Å². The molecule has 0 heterocycles. The summed E-state index contributed by atoms with van der Waals surface area (Å²) in [6.45, 7) is 6.67. The minimum absolute atomic E-state index is 0.0288. The molecule has 1 atom stereocenters. The van der Waals surface area contributed by atoms with E-state index in [0.717, 1.165) is 0 Å². The minimum Gasteiger partial charge on any atom is -0.460 e. The molecule has 0 aromatic carbocycles. The van der Waals surface area contributed by atoms with E-state index in [1.165, 1.54) is 12.2 Å². The molecule has 0 aliphatic heterocycles. The van der Waals surface area contributed by atoms with Gasteiger partial charge >= 0.3 is 18.0 Å². The van der Waals surface area contributed by atoms with Crippen molar-refractivity contribution in [1.29, 1.82) is 0 Å². The fourth-order valence-electron chi connectivity index (χ4n) is 1.12. The van der Waals surface area contributed by atoms with E-state index in [4.69, 9.17) is 9.99 Å². The number of ether oxygens (including phenoxy) is 2. The highest BCUT2D eigenvalue weighted by atomic mass is 17.1. The first-order valence-electron chi connectivity index (χ1n) is 5.71. The summed E-state index contributed by atoms with van der Waals surface area (Å²) in [6, 6.07) is -1.11. The molecule has 0 saturated heterocycles. The maximum absolute atomic E-state index is 11.6. The Hall–Kier alpha value is -2.35. The molecule has 0 fully saturated rings. The van der Waals surface area contributed by atoms with E-state index in [2.05, 4.69) is 28.1 Å². The van der Waals surface area contributed by atoms with Crippen LogP contribution >= 0.6 is 0 Å². The highest BCUT2D eigenvalue weighted by Gasteiger charge is 2.24. The normalized spacial score (nSPS) is 10.8. The number of nitrogens with one attached hydrogen (secondary N) is 1. The van der Waals surface area contributed by atoms with E-state index in [1.54, 1.807) is 0 Å². The van der Waals surface area contributed by atoms with Crippen LogP contribution < -0.4 is 5.32 Å². The van der Waals surface area contributed by atoms with E-state index in [9.17, 15) is 14.4 Å². The fourth-order valence-corrected chi connectivity index (χ4v) is 1.12. The van der Waals surface area contributed by atoms with Crippen LogP contribution in [0.3, 0.4) is 0 Å². The van der Waals surface area contributed by atoms with Crippen molar-refractivity contribution in [2.75, 3.05) is 13.2 Å². The van der Waals surface area contributed by atoms with Gasteiger partial charge in [-0.15, -0.1) is 0 Å². The largest absolute Gasteiger partial charge is 0.460 e. The summed E-state index contributed by atoms with van der Waals surface area (Å²) >= 11 is 0. The van der Waals surface area contributed by atoms with Crippen molar-refractivity contribution in [2.45, 2.75) is 18.9 Å². The Morgan fingerprint density at radius 2 is 1.75 bits per heavy atom. The standard InChI is InChI=1S/C12H17NO7/c1-3-7-18-11(15)9(5-6-10(14)20-17)13-12(16)19-8-4-2/h3-4,9,17H,1-2,5-8H2,(H,13,16)/t9-/m1/s1. The number of hydrogen-bond acceptors (Lipinski definition) is 7. The summed E-state index contributed by atoms with van der Waals surface area (Å²) in [5.74, 6) is -1.70. The predicted molar refractivity (Wildman–Crippen MR) is 67.6 cm³/mol. The van der Waals surface area contributed by atoms with Crippen LogP contribution in [0.2, 0.25) is 0 Å². The molecule has 8 heteroatoms. The van der Waals surface area contributed by atoms with E-state index >= 15 is 0 Å². The predicted octanol–water partition coefficient (Wildman–Crippen LogP) is 0.793. The summed E-state index contributed by atoms with van der Waals surface area (Å²) in [4.78, 5) is 37.2. The molecule has 0 bridgehead atoms. The maximum Gasteiger partial charge on any atom is 0.408 e. The zero-order chi connectivity index (χ0) is 15.4. The summed E-state index contributed by atoms with van der Waals surface area (Å²) in [5.41, 5.74) is 0. The van der Waals surface area contributed by atoms with Crippen LogP contribution in [0.15, 0.2) is 25.3 Å².